The first kappa shape index (κ1) is 15.0. The third-order valence-electron chi connectivity index (χ3n) is 1.76. The highest BCUT2D eigenvalue weighted by molar-refractivity contribution is 7.80. The first-order valence-corrected chi connectivity index (χ1v) is 8.26. The van der Waals surface area contributed by atoms with Gasteiger partial charge in [-0.25, -0.2) is 0 Å². The summed E-state index contributed by atoms with van der Waals surface area (Å²) in [5.74, 6) is 0. The van der Waals surface area contributed by atoms with Crippen LogP contribution < -0.4 is 0 Å². The van der Waals surface area contributed by atoms with Gasteiger partial charge in [-0.15, -0.1) is 0 Å². The summed E-state index contributed by atoms with van der Waals surface area (Å²) in [5, 5.41) is 9.06. The van der Waals surface area contributed by atoms with Gasteiger partial charge in [0, 0.05) is 18.6 Å². The zero-order valence-corrected chi connectivity index (χ0v) is 12.1. The number of rotatable bonds is 7. The third-order valence-corrected chi connectivity index (χ3v) is 5.07. The van der Waals surface area contributed by atoms with E-state index in [4.69, 9.17) is 14.0 Å². The zero-order valence-electron chi connectivity index (χ0n) is 10.2. The molecule has 0 aromatic rings. The number of thiocarbonyl (C=S) groups is 1. The number of hydrogen-bond donors (Lipinski definition) is 1. The largest absolute Gasteiger partial charge is 0.502 e. The number of hydrogen-bond acceptors (Lipinski definition) is 3. The molecule has 0 spiro atoms. The van der Waals surface area contributed by atoms with Gasteiger partial charge in [-0.3, -0.25) is 0 Å². The molecule has 0 aromatic carbocycles. The SMILES string of the molecule is CC(C)O[Si](C)(CCC(O)=S)OC(C)C. The molecular formula is C10H22O3SSi. The molecule has 90 valence electrons. The molecule has 0 aliphatic carbocycles. The molecule has 1 N–H and O–H groups in total. The van der Waals surface area contributed by atoms with Crippen LogP contribution in [0, 0.1) is 0 Å². The van der Waals surface area contributed by atoms with Crippen molar-refractivity contribution in [3.05, 3.63) is 0 Å². The molecule has 0 amide bonds. The predicted molar refractivity (Wildman–Crippen MR) is 68.7 cm³/mol. The van der Waals surface area contributed by atoms with Crippen molar-refractivity contribution >= 4 is 25.8 Å². The third kappa shape index (κ3) is 7.90. The summed E-state index contributed by atoms with van der Waals surface area (Å²) in [6.07, 6.45) is 0.776. The molecule has 0 saturated heterocycles. The molecule has 15 heavy (non-hydrogen) atoms. The lowest BCUT2D eigenvalue weighted by atomic mass is 10.5. The van der Waals surface area contributed by atoms with Crippen molar-refractivity contribution in [1.29, 1.82) is 0 Å². The summed E-state index contributed by atoms with van der Waals surface area (Å²) in [6, 6.07) is 0.707. The maximum absolute atomic E-state index is 9.03. The summed E-state index contributed by atoms with van der Waals surface area (Å²) in [4.78, 5) is 0. The Hall–Kier alpha value is 0.0269. The van der Waals surface area contributed by atoms with Crippen molar-refractivity contribution in [3.63, 3.8) is 0 Å². The van der Waals surface area contributed by atoms with Crippen LogP contribution in [0.15, 0.2) is 0 Å². The minimum atomic E-state index is -2.19. The Morgan fingerprint density at radius 2 is 1.60 bits per heavy atom. The average molecular weight is 250 g/mol. The van der Waals surface area contributed by atoms with Gasteiger partial charge in [0.2, 0.25) is 0 Å². The molecule has 0 radical (unpaired) electrons. The van der Waals surface area contributed by atoms with E-state index in [1.807, 2.05) is 34.2 Å². The molecule has 0 saturated carbocycles. The van der Waals surface area contributed by atoms with Gasteiger partial charge in [0.05, 0.1) is 0 Å². The van der Waals surface area contributed by atoms with Crippen molar-refractivity contribution in [1.82, 2.24) is 0 Å². The fraction of sp³-hybridized carbons (Fsp3) is 0.900. The fourth-order valence-corrected chi connectivity index (χ4v) is 4.74. The van der Waals surface area contributed by atoms with E-state index >= 15 is 0 Å². The van der Waals surface area contributed by atoms with E-state index in [1.165, 1.54) is 0 Å². The van der Waals surface area contributed by atoms with E-state index in [1.54, 1.807) is 0 Å². The molecule has 0 aliphatic heterocycles. The molecule has 0 atom stereocenters. The highest BCUT2D eigenvalue weighted by Gasteiger charge is 2.33. The van der Waals surface area contributed by atoms with Gasteiger partial charge >= 0.3 is 8.56 Å². The van der Waals surface area contributed by atoms with Gasteiger partial charge < -0.3 is 14.0 Å². The monoisotopic (exact) mass is 250 g/mol. The van der Waals surface area contributed by atoms with Gasteiger partial charge in [-0.2, -0.15) is 0 Å². The molecule has 0 bridgehead atoms. The second-order valence-corrected chi connectivity index (χ2v) is 8.07. The van der Waals surface area contributed by atoms with Crippen molar-refractivity contribution in [3.8, 4) is 0 Å². The summed E-state index contributed by atoms with van der Waals surface area (Å²) >= 11 is 4.66. The summed E-state index contributed by atoms with van der Waals surface area (Å²) in [6.45, 7) is 9.99. The van der Waals surface area contributed by atoms with Gasteiger partial charge in [0.1, 0.15) is 0 Å². The minimum Gasteiger partial charge on any atom is -0.502 e. The van der Waals surface area contributed by atoms with Crippen LogP contribution in [0.1, 0.15) is 34.1 Å². The molecule has 0 aromatic heterocycles. The van der Waals surface area contributed by atoms with Gasteiger partial charge in [0.25, 0.3) is 0 Å². The molecule has 0 heterocycles. The van der Waals surface area contributed by atoms with Crippen LogP contribution in [-0.4, -0.2) is 30.9 Å². The fourth-order valence-electron chi connectivity index (χ4n) is 1.48. The Morgan fingerprint density at radius 1 is 1.20 bits per heavy atom. The number of aliphatic hydroxyl groups is 1. The molecular weight excluding hydrogens is 228 g/mol. The van der Waals surface area contributed by atoms with E-state index in [9.17, 15) is 0 Å². The van der Waals surface area contributed by atoms with E-state index in [2.05, 4.69) is 12.2 Å². The van der Waals surface area contributed by atoms with E-state index < -0.39 is 8.56 Å². The normalized spacial score (nSPS) is 12.5. The molecule has 5 heteroatoms. The van der Waals surface area contributed by atoms with Crippen molar-refractivity contribution in [2.24, 2.45) is 0 Å². The van der Waals surface area contributed by atoms with Crippen LogP contribution >= 0.6 is 12.2 Å². The summed E-state index contributed by atoms with van der Waals surface area (Å²) in [5.41, 5.74) is 0. The van der Waals surface area contributed by atoms with E-state index in [-0.39, 0.29) is 17.3 Å². The number of aliphatic hydroxyl groups excluding tert-OH is 1. The van der Waals surface area contributed by atoms with Gasteiger partial charge in [-0.1, -0.05) is 0 Å². The quantitative estimate of drug-likeness (QED) is 0.556. The molecule has 0 fully saturated rings. The van der Waals surface area contributed by atoms with Crippen LogP contribution in [0.2, 0.25) is 12.6 Å². The second kappa shape index (κ2) is 6.58. The Bertz CT molecular complexity index is 197. The Morgan fingerprint density at radius 3 is 1.87 bits per heavy atom. The maximum Gasteiger partial charge on any atom is 0.335 e. The molecule has 0 aliphatic rings. The predicted octanol–water partition coefficient (Wildman–Crippen LogP) is 3.18. The lowest BCUT2D eigenvalue weighted by Gasteiger charge is -2.30. The van der Waals surface area contributed by atoms with Crippen LogP contribution in [-0.2, 0) is 8.85 Å². The zero-order chi connectivity index (χ0) is 12.1. The lowest BCUT2D eigenvalue weighted by Crippen LogP contribution is -2.43. The Balaban J connectivity index is 4.32. The second-order valence-electron chi connectivity index (χ2n) is 4.36. The van der Waals surface area contributed by atoms with Crippen molar-refractivity contribution < 1.29 is 14.0 Å². The van der Waals surface area contributed by atoms with E-state index in [0.29, 0.717) is 12.5 Å². The van der Waals surface area contributed by atoms with Crippen LogP contribution in [0.5, 0.6) is 0 Å². The molecule has 3 nitrogen and oxygen atoms in total. The molecule has 0 rings (SSSR count). The van der Waals surface area contributed by atoms with Crippen LogP contribution in [0.3, 0.4) is 0 Å². The first-order valence-electron chi connectivity index (χ1n) is 5.32. The summed E-state index contributed by atoms with van der Waals surface area (Å²) < 4.78 is 11.7. The highest BCUT2D eigenvalue weighted by atomic mass is 32.1. The Labute approximate surface area is 99.0 Å². The maximum atomic E-state index is 9.03. The lowest BCUT2D eigenvalue weighted by molar-refractivity contribution is 0.109. The minimum absolute atomic E-state index is 0.0356. The van der Waals surface area contributed by atoms with Crippen molar-refractivity contribution in [2.45, 2.75) is 58.9 Å². The van der Waals surface area contributed by atoms with Crippen LogP contribution in [0.4, 0.5) is 0 Å². The highest BCUT2D eigenvalue weighted by Crippen LogP contribution is 2.20. The standard InChI is InChI=1S/C10H22O3SSi/c1-8(2)12-15(5,13-9(3)4)7-6-10(11)14/h8-9H,6-7H2,1-5H3,(H,11,14). The average Bonchev–Trinajstić information content (AvgIpc) is 1.97. The van der Waals surface area contributed by atoms with Crippen LogP contribution in [0.25, 0.3) is 0 Å². The Kier molecular flexibility index (Phi) is 6.59. The summed E-state index contributed by atoms with van der Waals surface area (Å²) in [7, 11) is -2.19. The topological polar surface area (TPSA) is 38.7 Å². The first-order chi connectivity index (χ1) is 6.75. The van der Waals surface area contributed by atoms with E-state index in [0.717, 1.165) is 0 Å². The molecule has 0 unspecified atom stereocenters. The van der Waals surface area contributed by atoms with Gasteiger partial charge in [0.15, 0.2) is 5.05 Å². The van der Waals surface area contributed by atoms with Gasteiger partial charge in [-0.05, 0) is 52.5 Å². The van der Waals surface area contributed by atoms with Crippen molar-refractivity contribution in [2.75, 3.05) is 0 Å². The smallest absolute Gasteiger partial charge is 0.335 e.